The van der Waals surface area contributed by atoms with E-state index in [4.69, 9.17) is 16.6 Å². The summed E-state index contributed by atoms with van der Waals surface area (Å²) < 4.78 is 17.9. The Kier molecular flexibility index (Phi) is 9.94. The Hall–Kier alpha value is -5.32. The highest BCUT2D eigenvalue weighted by molar-refractivity contribution is 7.15. The Morgan fingerprint density at radius 1 is 0.918 bits per heavy atom. The van der Waals surface area contributed by atoms with Crippen molar-refractivity contribution in [2.75, 3.05) is 37.6 Å². The van der Waals surface area contributed by atoms with Crippen LogP contribution in [-0.2, 0) is 14.4 Å². The number of imide groups is 2. The first-order valence-electron chi connectivity index (χ1n) is 21.0. The van der Waals surface area contributed by atoms with Crippen LogP contribution in [0.1, 0.15) is 105 Å². The van der Waals surface area contributed by atoms with Gasteiger partial charge in [-0.25, -0.2) is 4.39 Å². The number of hydrogen-bond acceptors (Lipinski definition) is 11. The molecule has 316 valence electrons. The van der Waals surface area contributed by atoms with Gasteiger partial charge in [-0.15, -0.1) is 21.5 Å². The lowest BCUT2D eigenvalue weighted by molar-refractivity contribution is -0.136. The van der Waals surface area contributed by atoms with E-state index < -0.39 is 41.5 Å². The maximum absolute atomic E-state index is 15.8. The van der Waals surface area contributed by atoms with Gasteiger partial charge < -0.3 is 9.80 Å². The summed E-state index contributed by atoms with van der Waals surface area (Å²) in [4.78, 5) is 79.0. The third-order valence-corrected chi connectivity index (χ3v) is 15.1. The first-order chi connectivity index (χ1) is 29.3. The second-order valence-electron chi connectivity index (χ2n) is 17.2. The fourth-order valence-electron chi connectivity index (χ4n) is 10.3. The van der Waals surface area contributed by atoms with E-state index in [1.165, 1.54) is 10.9 Å². The molecule has 3 unspecified atom stereocenters. The van der Waals surface area contributed by atoms with Crippen molar-refractivity contribution in [2.45, 2.75) is 89.9 Å². The van der Waals surface area contributed by atoms with Crippen molar-refractivity contribution >= 4 is 63.9 Å². The van der Waals surface area contributed by atoms with Crippen LogP contribution in [0, 0.1) is 32.5 Å². The number of carbonyl (C=O) groups excluding carboxylic acids is 5. The summed E-state index contributed by atoms with van der Waals surface area (Å²) in [6.45, 7) is 9.68. The van der Waals surface area contributed by atoms with Gasteiger partial charge in [0.15, 0.2) is 5.82 Å². The maximum atomic E-state index is 15.8. The predicted molar refractivity (Wildman–Crippen MR) is 226 cm³/mol. The zero-order valence-electron chi connectivity index (χ0n) is 34.1. The molecule has 0 radical (unpaired) electrons. The van der Waals surface area contributed by atoms with Gasteiger partial charge in [0, 0.05) is 72.3 Å². The molecule has 5 saturated heterocycles. The highest BCUT2D eigenvalue weighted by Crippen LogP contribution is 2.41. The molecule has 4 aromatic rings. The minimum atomic E-state index is -1.11. The molecule has 0 aliphatic carbocycles. The standard InChI is InChI=1S/C44H45ClFN9O5S/c1-22-23(2)61-44-38(22)39(26-4-6-27(45)7-5-26)47-33(40-50-49-24(3)54(40)44)18-37(57)51-14-12-25(13-15-51)19-52-20-29-9-8-28(52)21-53(29)35-17-31-30(16-32(35)46)42(59)55(43(31)60)34-10-11-36(56)48-41(34)58/h4-7,16-17,25,28-29,33-34H,8-15,18-21H2,1-3H3,(H,48,56,58)/t28?,29?,33-,34?/m0/s1. The van der Waals surface area contributed by atoms with E-state index in [-0.39, 0.29) is 48.4 Å². The number of rotatable bonds is 7. The van der Waals surface area contributed by atoms with Crippen molar-refractivity contribution in [1.29, 1.82) is 0 Å². The molecule has 5 fully saturated rings. The van der Waals surface area contributed by atoms with Crippen LogP contribution in [0.4, 0.5) is 10.1 Å². The summed E-state index contributed by atoms with van der Waals surface area (Å²) in [7, 11) is 0. The number of amides is 5. The first kappa shape index (κ1) is 39.8. The third kappa shape index (κ3) is 6.77. The second-order valence-corrected chi connectivity index (χ2v) is 18.9. The summed E-state index contributed by atoms with van der Waals surface area (Å²) in [5.74, 6) is -1.24. The third-order valence-electron chi connectivity index (χ3n) is 13.6. The lowest BCUT2D eigenvalue weighted by Gasteiger charge is -2.53. The quantitative estimate of drug-likeness (QED) is 0.243. The lowest BCUT2D eigenvalue weighted by Crippen LogP contribution is -2.63. The van der Waals surface area contributed by atoms with Gasteiger partial charge in [-0.1, -0.05) is 23.7 Å². The number of hydrogen-bond donors (Lipinski definition) is 1. The first-order valence-corrected chi connectivity index (χ1v) is 22.2. The van der Waals surface area contributed by atoms with E-state index in [1.807, 2.05) is 41.0 Å². The van der Waals surface area contributed by atoms with E-state index in [0.717, 1.165) is 83.0 Å². The van der Waals surface area contributed by atoms with Crippen LogP contribution in [0.3, 0.4) is 0 Å². The molecule has 5 amide bonds. The Morgan fingerprint density at radius 3 is 2.34 bits per heavy atom. The van der Waals surface area contributed by atoms with Crippen molar-refractivity contribution in [2.24, 2.45) is 10.9 Å². The highest BCUT2D eigenvalue weighted by Gasteiger charge is 2.47. The molecule has 7 aliphatic rings. The number of nitrogens with one attached hydrogen (secondary N) is 1. The minimum Gasteiger partial charge on any atom is -0.363 e. The number of nitrogens with zero attached hydrogens (tertiary/aromatic N) is 8. The average Bonchev–Trinajstić information content (AvgIpc) is 3.81. The largest absolute Gasteiger partial charge is 0.363 e. The smallest absolute Gasteiger partial charge is 0.262 e. The number of thiophene rings is 1. The molecule has 14 nitrogen and oxygen atoms in total. The van der Waals surface area contributed by atoms with Gasteiger partial charge >= 0.3 is 0 Å². The normalized spacial score (nSPS) is 24.1. The number of benzene rings is 2. The van der Waals surface area contributed by atoms with E-state index in [9.17, 15) is 24.0 Å². The number of likely N-dealkylation sites (tertiary alicyclic amines) is 1. The molecule has 9 heterocycles. The molecule has 2 aromatic carbocycles. The minimum absolute atomic E-state index is 0.0131. The Morgan fingerprint density at radius 2 is 1.64 bits per heavy atom. The molecule has 2 aromatic heterocycles. The van der Waals surface area contributed by atoms with Crippen molar-refractivity contribution in [3.8, 4) is 5.00 Å². The van der Waals surface area contributed by atoms with Gasteiger partial charge in [0.1, 0.15) is 28.7 Å². The molecule has 2 bridgehead atoms. The summed E-state index contributed by atoms with van der Waals surface area (Å²) in [6.07, 6.45) is 3.82. The monoisotopic (exact) mass is 865 g/mol. The van der Waals surface area contributed by atoms with Crippen molar-refractivity contribution in [3.05, 3.63) is 91.6 Å². The molecular formula is C44H45ClFN9O5S. The Labute approximate surface area is 360 Å². The van der Waals surface area contributed by atoms with Crippen LogP contribution in [-0.4, -0.2) is 116 Å². The van der Waals surface area contributed by atoms with E-state index in [1.54, 1.807) is 11.3 Å². The van der Waals surface area contributed by atoms with Gasteiger partial charge in [-0.3, -0.25) is 48.6 Å². The van der Waals surface area contributed by atoms with Crippen LogP contribution < -0.4 is 10.2 Å². The number of anilines is 1. The maximum Gasteiger partial charge on any atom is 0.262 e. The second kappa shape index (κ2) is 15.2. The topological polar surface area (TPSA) is 153 Å². The fourth-order valence-corrected chi connectivity index (χ4v) is 11.6. The number of aryl methyl sites for hydroxylation is 2. The molecule has 0 saturated carbocycles. The number of fused-ring (bicyclic) bond motifs is 7. The Balaban J connectivity index is 0.794. The van der Waals surface area contributed by atoms with Crippen LogP contribution >= 0.6 is 22.9 Å². The van der Waals surface area contributed by atoms with Gasteiger partial charge in [0.25, 0.3) is 11.8 Å². The van der Waals surface area contributed by atoms with Crippen molar-refractivity contribution in [3.63, 3.8) is 0 Å². The fraction of sp³-hybridized carbons (Fsp3) is 0.455. The van der Waals surface area contributed by atoms with Crippen LogP contribution in [0.15, 0.2) is 41.4 Å². The Bertz CT molecular complexity index is 2560. The summed E-state index contributed by atoms with van der Waals surface area (Å²) >= 11 is 7.97. The highest BCUT2D eigenvalue weighted by atomic mass is 35.5. The molecule has 7 aliphatic heterocycles. The number of carbonyl (C=O) groups is 5. The van der Waals surface area contributed by atoms with Crippen LogP contribution in [0.5, 0.6) is 0 Å². The molecule has 1 N–H and O–H groups in total. The van der Waals surface area contributed by atoms with E-state index in [0.29, 0.717) is 42.1 Å². The zero-order chi connectivity index (χ0) is 42.4. The van der Waals surface area contributed by atoms with Crippen molar-refractivity contribution in [1.82, 2.24) is 34.8 Å². The lowest BCUT2D eigenvalue weighted by atomic mass is 9.87. The summed E-state index contributed by atoms with van der Waals surface area (Å²) in [6, 6.07) is 8.85. The van der Waals surface area contributed by atoms with Gasteiger partial charge in [0.2, 0.25) is 17.7 Å². The van der Waals surface area contributed by atoms with E-state index in [2.05, 4.69) is 38.8 Å². The molecule has 4 atom stereocenters. The molecule has 17 heteroatoms. The van der Waals surface area contributed by atoms with Crippen LogP contribution in [0.25, 0.3) is 5.00 Å². The van der Waals surface area contributed by atoms with E-state index >= 15 is 4.39 Å². The number of aromatic nitrogens is 3. The predicted octanol–water partition coefficient (Wildman–Crippen LogP) is 5.32. The molecule has 61 heavy (non-hydrogen) atoms. The zero-order valence-corrected chi connectivity index (χ0v) is 35.7. The van der Waals surface area contributed by atoms with Gasteiger partial charge in [-0.05, 0) is 88.6 Å². The van der Waals surface area contributed by atoms with Gasteiger partial charge in [0.05, 0.1) is 28.9 Å². The van der Waals surface area contributed by atoms with Crippen molar-refractivity contribution < 1.29 is 28.4 Å². The number of piperidine rings is 4. The SMILES string of the molecule is Cc1sc2c(c1C)C(c1ccc(Cl)cc1)=N[C@@H](CC(=O)N1CCC(CN3CC4CCC3CN4c3cc4c(cc3F)C(=O)N(C3CCC(=O)NC3=O)C4=O)CC1)c1nnc(C)n1-2. The van der Waals surface area contributed by atoms with Gasteiger partial charge in [-0.2, -0.15) is 0 Å². The number of piperazine rings is 1. The number of aliphatic imine (C=N–C) groups is 1. The average molecular weight is 866 g/mol. The molecule has 11 rings (SSSR count). The summed E-state index contributed by atoms with van der Waals surface area (Å²) in [5, 5.41) is 12.9. The molecular weight excluding hydrogens is 821 g/mol. The summed E-state index contributed by atoms with van der Waals surface area (Å²) in [5.41, 5.74) is 4.23. The van der Waals surface area contributed by atoms with Crippen LogP contribution in [0.2, 0.25) is 5.02 Å². The molecule has 0 spiro atoms. The number of halogens is 2.